The maximum Gasteiger partial charge on any atom is 0.308 e. The number of hydrogen-bond acceptors (Lipinski definition) is 6. The molecule has 1 aromatic rings. The van der Waals surface area contributed by atoms with Crippen molar-refractivity contribution in [2.45, 2.75) is 148 Å². The van der Waals surface area contributed by atoms with E-state index in [0.29, 0.717) is 30.6 Å². The van der Waals surface area contributed by atoms with E-state index in [1.807, 2.05) is 20.0 Å². The predicted molar refractivity (Wildman–Crippen MR) is 174 cm³/mol. The number of aliphatic hydroxyl groups excluding tert-OH is 2. The number of aryl methyl sites for hydroxylation is 1. The second-order valence-electron chi connectivity index (χ2n) is 15.2. The normalized spacial score (nSPS) is 33.0. The van der Waals surface area contributed by atoms with Gasteiger partial charge in [-0.1, -0.05) is 65.3 Å². The van der Waals surface area contributed by atoms with Gasteiger partial charge in [0.05, 0.1) is 29.7 Å². The van der Waals surface area contributed by atoms with Gasteiger partial charge in [-0.15, -0.1) is 0 Å². The van der Waals surface area contributed by atoms with Crippen LogP contribution < -0.4 is 0 Å². The third-order valence-electron chi connectivity index (χ3n) is 11.8. The first-order valence-corrected chi connectivity index (χ1v) is 17.6. The fourth-order valence-corrected chi connectivity index (χ4v) is 8.83. The number of unbranched alkanes of at least 4 members (excludes halogenated alkanes) is 1. The maximum atomic E-state index is 12.9. The highest BCUT2D eigenvalue weighted by Gasteiger charge is 2.57. The van der Waals surface area contributed by atoms with Gasteiger partial charge in [0.2, 0.25) is 5.89 Å². The van der Waals surface area contributed by atoms with Crippen LogP contribution in [0, 0.1) is 29.1 Å². The van der Waals surface area contributed by atoms with Crippen molar-refractivity contribution in [1.82, 2.24) is 4.98 Å². The lowest BCUT2D eigenvalue weighted by Crippen LogP contribution is -2.37. The Morgan fingerprint density at radius 3 is 2.66 bits per heavy atom. The molecule has 1 heterocycles. The Morgan fingerprint density at radius 2 is 1.95 bits per heavy atom. The van der Waals surface area contributed by atoms with Crippen LogP contribution in [0.15, 0.2) is 46.1 Å². The van der Waals surface area contributed by atoms with Gasteiger partial charge in [0, 0.05) is 12.8 Å². The first-order valence-electron chi connectivity index (χ1n) is 17.6. The lowest BCUT2D eigenvalue weighted by Gasteiger charge is -2.44. The van der Waals surface area contributed by atoms with E-state index in [0.717, 1.165) is 74.2 Å². The number of aromatic nitrogens is 1. The molecule has 0 saturated heterocycles. The molecule has 0 amide bonds. The maximum absolute atomic E-state index is 12.9. The van der Waals surface area contributed by atoms with E-state index in [1.165, 1.54) is 31.3 Å². The van der Waals surface area contributed by atoms with Crippen LogP contribution in [0.5, 0.6) is 0 Å². The third-order valence-corrected chi connectivity index (χ3v) is 11.8. The second-order valence-corrected chi connectivity index (χ2v) is 15.2. The molecular weight excluding hydrogens is 550 g/mol. The average Bonchev–Trinajstić information content (AvgIpc) is 3.50. The molecule has 0 bridgehead atoms. The SMILES string of the molecule is C=C1/C(=C\C=C2/CCC[C@]3(C)[C@@H]([C@H](C)CC[C@@H](OC(=O)C(C)C)C4(c5ncc(CCCC)o5)CC4)CC[C@@H]23)C[C@@H](O)C[C@@H]1O. The van der Waals surface area contributed by atoms with Crippen molar-refractivity contribution < 1.29 is 24.2 Å². The Bertz CT molecular complexity index is 1240. The van der Waals surface area contributed by atoms with Crippen molar-refractivity contribution in [1.29, 1.82) is 0 Å². The van der Waals surface area contributed by atoms with E-state index in [4.69, 9.17) is 14.1 Å². The minimum absolute atomic E-state index is 0.128. The number of ether oxygens (including phenoxy) is 1. The summed E-state index contributed by atoms with van der Waals surface area (Å²) >= 11 is 0. The number of rotatable bonds is 12. The summed E-state index contributed by atoms with van der Waals surface area (Å²) in [4.78, 5) is 17.6. The molecule has 1 aromatic heterocycles. The average molecular weight is 608 g/mol. The summed E-state index contributed by atoms with van der Waals surface area (Å²) < 4.78 is 12.5. The summed E-state index contributed by atoms with van der Waals surface area (Å²) in [5.74, 6) is 3.12. The minimum atomic E-state index is -0.651. The molecule has 0 aromatic carbocycles. The van der Waals surface area contributed by atoms with Crippen molar-refractivity contribution in [3.05, 3.63) is 53.3 Å². The van der Waals surface area contributed by atoms with Gasteiger partial charge in [0.1, 0.15) is 11.9 Å². The predicted octanol–water partition coefficient (Wildman–Crippen LogP) is 8.17. The molecule has 6 nitrogen and oxygen atoms in total. The summed E-state index contributed by atoms with van der Waals surface area (Å²) in [6, 6.07) is 0. The van der Waals surface area contributed by atoms with Crippen molar-refractivity contribution in [2.24, 2.45) is 29.1 Å². The highest BCUT2D eigenvalue weighted by Crippen LogP contribution is 2.60. The molecule has 2 N–H and O–H groups in total. The van der Waals surface area contributed by atoms with Gasteiger partial charge in [-0.25, -0.2) is 4.98 Å². The van der Waals surface area contributed by atoms with Crippen molar-refractivity contribution in [3.8, 4) is 0 Å². The van der Waals surface area contributed by atoms with Crippen LogP contribution >= 0.6 is 0 Å². The summed E-state index contributed by atoms with van der Waals surface area (Å²) in [7, 11) is 0. The quantitative estimate of drug-likeness (QED) is 0.233. The van der Waals surface area contributed by atoms with Crippen LogP contribution in [0.4, 0.5) is 0 Å². The molecule has 4 saturated carbocycles. The van der Waals surface area contributed by atoms with Crippen LogP contribution in [0.3, 0.4) is 0 Å². The molecule has 244 valence electrons. The van der Waals surface area contributed by atoms with Crippen molar-refractivity contribution >= 4 is 5.97 Å². The first-order chi connectivity index (χ1) is 21.0. The van der Waals surface area contributed by atoms with Gasteiger partial charge in [0.25, 0.3) is 0 Å². The number of aliphatic hydroxyl groups is 2. The number of esters is 1. The zero-order chi connectivity index (χ0) is 31.6. The van der Waals surface area contributed by atoms with Gasteiger partial charge in [-0.2, -0.15) is 0 Å². The lowest BCUT2D eigenvalue weighted by molar-refractivity contribution is -0.155. The number of fused-ring (bicyclic) bond motifs is 1. The van der Waals surface area contributed by atoms with Crippen LogP contribution in [-0.2, 0) is 21.4 Å². The van der Waals surface area contributed by atoms with E-state index in [-0.39, 0.29) is 28.8 Å². The molecule has 0 unspecified atom stereocenters. The summed E-state index contributed by atoms with van der Waals surface area (Å²) in [5, 5.41) is 20.5. The van der Waals surface area contributed by atoms with Gasteiger partial charge < -0.3 is 19.4 Å². The molecule has 7 atom stereocenters. The molecule has 0 aliphatic heterocycles. The van der Waals surface area contributed by atoms with Crippen LogP contribution in [-0.4, -0.2) is 39.5 Å². The van der Waals surface area contributed by atoms with Gasteiger partial charge in [0.15, 0.2) is 0 Å². The summed E-state index contributed by atoms with van der Waals surface area (Å²) in [5.41, 5.74) is 3.23. The highest BCUT2D eigenvalue weighted by molar-refractivity contribution is 5.72. The molecule has 4 aliphatic carbocycles. The van der Waals surface area contributed by atoms with Crippen LogP contribution in [0.1, 0.15) is 130 Å². The summed E-state index contributed by atoms with van der Waals surface area (Å²) in [6.45, 7) is 15.0. The smallest absolute Gasteiger partial charge is 0.308 e. The second kappa shape index (κ2) is 13.7. The Balaban J connectivity index is 1.28. The van der Waals surface area contributed by atoms with E-state index in [9.17, 15) is 15.0 Å². The van der Waals surface area contributed by atoms with Crippen LogP contribution in [0.2, 0.25) is 0 Å². The molecule has 4 fully saturated rings. The van der Waals surface area contributed by atoms with Crippen molar-refractivity contribution in [3.63, 3.8) is 0 Å². The number of carbonyl (C=O) groups excluding carboxylic acids is 1. The number of oxazole rings is 1. The molecule has 5 rings (SSSR count). The Hall–Kier alpha value is -2.18. The standard InChI is InChI=1S/C38H57NO5/c1-7-8-11-30-23-39-36(43-30)38(19-20-38)34(44-35(42)24(2)3)17-12-25(4)31-15-16-32-27(10-9-18-37(31,32)6)13-14-28-21-29(40)22-33(41)26(28)5/h13-14,23-25,29,31-34,40-41H,5,7-12,15-22H2,1-4,6H3/b27-13+,28-14-/t25-,29-,31-,32+,33+,34-,37-/m1/s1. The molecule has 0 radical (unpaired) electrons. The molecular formula is C38H57NO5. The van der Waals surface area contributed by atoms with E-state index in [1.54, 1.807) is 0 Å². The van der Waals surface area contributed by atoms with E-state index in [2.05, 4.69) is 39.5 Å². The molecule has 6 heteroatoms. The fourth-order valence-electron chi connectivity index (χ4n) is 8.83. The fraction of sp³-hybridized carbons (Fsp3) is 0.737. The number of allylic oxidation sites excluding steroid dienone is 3. The van der Waals surface area contributed by atoms with E-state index >= 15 is 0 Å². The zero-order valence-electron chi connectivity index (χ0n) is 27.9. The van der Waals surface area contributed by atoms with E-state index < -0.39 is 12.2 Å². The Kier molecular flexibility index (Phi) is 10.3. The van der Waals surface area contributed by atoms with Crippen molar-refractivity contribution in [2.75, 3.05) is 0 Å². The largest absolute Gasteiger partial charge is 0.461 e. The highest BCUT2D eigenvalue weighted by atomic mass is 16.5. The minimum Gasteiger partial charge on any atom is -0.461 e. The Labute approximate surface area is 265 Å². The third kappa shape index (κ3) is 6.82. The molecule has 44 heavy (non-hydrogen) atoms. The summed E-state index contributed by atoms with van der Waals surface area (Å²) in [6.07, 6.45) is 18.8. The lowest BCUT2D eigenvalue weighted by atomic mass is 9.60. The number of hydrogen-bond donors (Lipinski definition) is 2. The Morgan fingerprint density at radius 1 is 1.18 bits per heavy atom. The molecule has 4 aliphatic rings. The van der Waals surface area contributed by atoms with Gasteiger partial charge in [-0.3, -0.25) is 4.79 Å². The van der Waals surface area contributed by atoms with Gasteiger partial charge in [-0.05, 0) is 105 Å². The number of nitrogens with zero attached hydrogens (tertiary/aromatic N) is 1. The van der Waals surface area contributed by atoms with Gasteiger partial charge >= 0.3 is 5.97 Å². The monoisotopic (exact) mass is 607 g/mol. The topological polar surface area (TPSA) is 92.8 Å². The van der Waals surface area contributed by atoms with Crippen LogP contribution in [0.25, 0.3) is 0 Å². The zero-order valence-corrected chi connectivity index (χ0v) is 27.9. The molecule has 0 spiro atoms. The number of carbonyl (C=O) groups is 1. The first kappa shape index (κ1) is 33.2.